The monoisotopic (exact) mass is 140 g/mol. The fraction of sp³-hybridized carbons (Fsp3) is 0.500. The first-order valence-electron chi connectivity index (χ1n) is 2.99. The maximum Gasteiger partial charge on any atom is 0.120 e. The van der Waals surface area contributed by atoms with Crippen molar-refractivity contribution in [3.05, 3.63) is 12.3 Å². The van der Waals surface area contributed by atoms with E-state index in [0.717, 1.165) is 0 Å². The molecule has 0 aromatic rings. The van der Waals surface area contributed by atoms with Gasteiger partial charge in [0.25, 0.3) is 0 Å². The van der Waals surface area contributed by atoms with Crippen molar-refractivity contribution in [1.82, 2.24) is 0 Å². The average molecular weight is 140 g/mol. The molecule has 0 radical (unpaired) electrons. The lowest BCUT2D eigenvalue weighted by atomic mass is 10.1. The predicted octanol–water partition coefficient (Wildman–Crippen LogP) is 0.921. The first-order valence-corrected chi connectivity index (χ1v) is 2.99. The van der Waals surface area contributed by atoms with Crippen LogP contribution in [0.3, 0.4) is 0 Å². The van der Waals surface area contributed by atoms with E-state index in [4.69, 9.17) is 5.11 Å². The van der Waals surface area contributed by atoms with E-state index in [1.54, 1.807) is 21.0 Å². The third kappa shape index (κ3) is 7.06. The second kappa shape index (κ2) is 3.97. The molecule has 10 heavy (non-hydrogen) atoms. The molecule has 0 aromatic heterocycles. The Balaban J connectivity index is 3.81. The molecule has 0 aliphatic rings. The van der Waals surface area contributed by atoms with Gasteiger partial charge in [0.1, 0.15) is 5.60 Å². The van der Waals surface area contributed by atoms with Crippen molar-refractivity contribution in [2.45, 2.75) is 19.4 Å². The highest BCUT2D eigenvalue weighted by molar-refractivity contribution is 5.19. The minimum Gasteiger partial charge on any atom is -0.504 e. The van der Waals surface area contributed by atoms with Crippen molar-refractivity contribution in [3.8, 4) is 11.8 Å². The normalized spacial score (nSPS) is 10.8. The smallest absolute Gasteiger partial charge is 0.120 e. The third-order valence-corrected chi connectivity index (χ3v) is 0.666. The van der Waals surface area contributed by atoms with Crippen LogP contribution in [0.5, 0.6) is 0 Å². The zero-order valence-corrected chi connectivity index (χ0v) is 6.51. The van der Waals surface area contributed by atoms with E-state index in [1.807, 2.05) is 0 Å². The van der Waals surface area contributed by atoms with Crippen LogP contribution in [0.25, 0.3) is 0 Å². The first kappa shape index (κ1) is 9.06. The molecular formula is C8H12O2. The van der Waals surface area contributed by atoms with Crippen molar-refractivity contribution in [2.24, 2.45) is 0 Å². The lowest BCUT2D eigenvalue weighted by Crippen LogP contribution is -2.14. The number of ether oxygens (including phenoxy) is 1. The fourth-order valence-electron chi connectivity index (χ4n) is 0.320. The van der Waals surface area contributed by atoms with Gasteiger partial charge in [-0.25, -0.2) is 0 Å². The van der Waals surface area contributed by atoms with Crippen LogP contribution in [0, 0.1) is 11.8 Å². The summed E-state index contributed by atoms with van der Waals surface area (Å²) in [5.41, 5.74) is -0.919. The summed E-state index contributed by atoms with van der Waals surface area (Å²) in [4.78, 5) is 0. The van der Waals surface area contributed by atoms with Gasteiger partial charge >= 0.3 is 0 Å². The van der Waals surface area contributed by atoms with Gasteiger partial charge in [-0.15, -0.1) is 0 Å². The van der Waals surface area contributed by atoms with E-state index >= 15 is 0 Å². The summed E-state index contributed by atoms with van der Waals surface area (Å²) in [6, 6.07) is 0. The third-order valence-electron chi connectivity index (χ3n) is 0.666. The molecule has 0 amide bonds. The maximum absolute atomic E-state index is 9.07. The summed E-state index contributed by atoms with van der Waals surface area (Å²) in [6.45, 7) is 3.25. The molecule has 0 atom stereocenters. The van der Waals surface area contributed by atoms with Crippen LogP contribution in [0.15, 0.2) is 12.3 Å². The summed E-state index contributed by atoms with van der Waals surface area (Å²) in [5.74, 6) is 5.22. The molecule has 0 aliphatic heterocycles. The van der Waals surface area contributed by atoms with E-state index < -0.39 is 5.60 Å². The minimum absolute atomic E-state index is 0.919. The number of methoxy groups -OCH3 is 1. The number of hydrogen-bond donors (Lipinski definition) is 1. The number of allylic oxidation sites excluding steroid dienone is 1. The summed E-state index contributed by atoms with van der Waals surface area (Å²) < 4.78 is 4.59. The highest BCUT2D eigenvalue weighted by Gasteiger charge is 2.04. The van der Waals surface area contributed by atoms with Crippen LogP contribution in [0.4, 0.5) is 0 Å². The Kier molecular flexibility index (Phi) is 3.60. The molecule has 0 aliphatic carbocycles. The van der Waals surface area contributed by atoms with Crippen LogP contribution < -0.4 is 0 Å². The van der Waals surface area contributed by atoms with E-state index in [1.165, 1.54) is 12.3 Å². The standard InChI is InChI=1S/C8H12O2/c1-8(2,9)6-4-5-7-10-3/h5,7,9H,1-3H3. The van der Waals surface area contributed by atoms with Crippen LogP contribution in [0.2, 0.25) is 0 Å². The SMILES string of the molecule is COC=CC#CC(C)(C)O. The lowest BCUT2D eigenvalue weighted by Gasteiger charge is -2.04. The van der Waals surface area contributed by atoms with Crippen molar-refractivity contribution in [3.63, 3.8) is 0 Å². The van der Waals surface area contributed by atoms with E-state index in [9.17, 15) is 0 Å². The summed E-state index contributed by atoms with van der Waals surface area (Å²) in [5, 5.41) is 9.07. The van der Waals surface area contributed by atoms with Crippen molar-refractivity contribution in [1.29, 1.82) is 0 Å². The van der Waals surface area contributed by atoms with Gasteiger partial charge < -0.3 is 9.84 Å². The molecule has 0 aromatic carbocycles. The highest BCUT2D eigenvalue weighted by atomic mass is 16.5. The number of hydrogen-bond acceptors (Lipinski definition) is 2. The quantitative estimate of drug-likeness (QED) is 0.433. The molecule has 0 bridgehead atoms. The highest BCUT2D eigenvalue weighted by Crippen LogP contribution is 1.95. The van der Waals surface area contributed by atoms with Gasteiger partial charge in [0.15, 0.2) is 0 Å². The predicted molar refractivity (Wildman–Crippen MR) is 40.2 cm³/mol. The van der Waals surface area contributed by atoms with Gasteiger partial charge in [-0.3, -0.25) is 0 Å². The van der Waals surface area contributed by atoms with Gasteiger partial charge in [0, 0.05) is 6.08 Å². The van der Waals surface area contributed by atoms with Gasteiger partial charge in [-0.1, -0.05) is 11.8 Å². The second-order valence-corrected chi connectivity index (χ2v) is 2.37. The summed E-state index contributed by atoms with van der Waals surface area (Å²) in [7, 11) is 1.54. The zero-order chi connectivity index (χ0) is 8.04. The van der Waals surface area contributed by atoms with Crippen molar-refractivity contribution >= 4 is 0 Å². The van der Waals surface area contributed by atoms with Gasteiger partial charge in [-0.05, 0) is 13.8 Å². The van der Waals surface area contributed by atoms with Gasteiger partial charge in [-0.2, -0.15) is 0 Å². The van der Waals surface area contributed by atoms with Gasteiger partial charge in [0.2, 0.25) is 0 Å². The van der Waals surface area contributed by atoms with E-state index in [2.05, 4.69) is 16.6 Å². The Hall–Kier alpha value is -0.940. The maximum atomic E-state index is 9.07. The minimum atomic E-state index is -0.919. The van der Waals surface area contributed by atoms with E-state index in [-0.39, 0.29) is 0 Å². The summed E-state index contributed by atoms with van der Waals surface area (Å²) in [6.07, 6.45) is 3.00. The second-order valence-electron chi connectivity index (χ2n) is 2.37. The Labute approximate surface area is 61.5 Å². The Morgan fingerprint density at radius 1 is 1.50 bits per heavy atom. The van der Waals surface area contributed by atoms with Crippen molar-refractivity contribution in [2.75, 3.05) is 7.11 Å². The number of aliphatic hydroxyl groups is 1. The molecule has 0 rings (SSSR count). The molecule has 0 unspecified atom stereocenters. The number of rotatable bonds is 1. The fourth-order valence-corrected chi connectivity index (χ4v) is 0.320. The van der Waals surface area contributed by atoms with Crippen molar-refractivity contribution < 1.29 is 9.84 Å². The molecule has 0 saturated carbocycles. The van der Waals surface area contributed by atoms with Crippen LogP contribution in [0.1, 0.15) is 13.8 Å². The Bertz CT molecular complexity index is 164. The Morgan fingerprint density at radius 3 is 2.50 bits per heavy atom. The topological polar surface area (TPSA) is 29.5 Å². The molecule has 0 heterocycles. The lowest BCUT2D eigenvalue weighted by molar-refractivity contribution is 0.143. The summed E-state index contributed by atoms with van der Waals surface area (Å²) >= 11 is 0. The molecule has 56 valence electrons. The molecule has 0 saturated heterocycles. The molecule has 1 N–H and O–H groups in total. The largest absolute Gasteiger partial charge is 0.504 e. The average Bonchev–Trinajstić information content (AvgIpc) is 1.78. The Morgan fingerprint density at radius 2 is 2.10 bits per heavy atom. The molecule has 0 spiro atoms. The first-order chi connectivity index (χ1) is 4.56. The molecular weight excluding hydrogens is 128 g/mol. The van der Waals surface area contributed by atoms with E-state index in [0.29, 0.717) is 0 Å². The zero-order valence-electron chi connectivity index (χ0n) is 6.51. The van der Waals surface area contributed by atoms with Crippen LogP contribution in [-0.4, -0.2) is 17.8 Å². The molecule has 2 nitrogen and oxygen atoms in total. The van der Waals surface area contributed by atoms with Crippen LogP contribution in [-0.2, 0) is 4.74 Å². The molecule has 2 heteroatoms. The van der Waals surface area contributed by atoms with Gasteiger partial charge in [0.05, 0.1) is 13.4 Å². The molecule has 0 fully saturated rings. The van der Waals surface area contributed by atoms with Crippen LogP contribution >= 0.6 is 0 Å².